The number of benzene rings is 2. The molecule has 10 heteroatoms. The summed E-state index contributed by atoms with van der Waals surface area (Å²) in [6, 6.07) is 11.2. The van der Waals surface area contributed by atoms with E-state index < -0.39 is 18.0 Å². The smallest absolute Gasteiger partial charge is 0.338 e. The summed E-state index contributed by atoms with van der Waals surface area (Å²) < 4.78 is 17.7. The van der Waals surface area contributed by atoms with Crippen LogP contribution in [0.2, 0.25) is 5.02 Å². The minimum absolute atomic E-state index is 0.193. The van der Waals surface area contributed by atoms with Gasteiger partial charge in [-0.1, -0.05) is 41.1 Å². The lowest BCUT2D eigenvalue weighted by Gasteiger charge is -2.24. The second kappa shape index (κ2) is 10.5. The molecule has 8 nitrogen and oxygen atoms in total. The van der Waals surface area contributed by atoms with Gasteiger partial charge in [0.25, 0.3) is 5.56 Å². The zero-order valence-corrected chi connectivity index (χ0v) is 21.6. The Bertz CT molecular complexity index is 1550. The third-order valence-electron chi connectivity index (χ3n) is 5.44. The van der Waals surface area contributed by atoms with Crippen molar-refractivity contribution in [1.82, 2.24) is 4.57 Å². The van der Waals surface area contributed by atoms with Crippen molar-refractivity contribution < 1.29 is 23.8 Å². The number of carbonyl (C=O) groups excluding carboxylic acids is 2. The van der Waals surface area contributed by atoms with Gasteiger partial charge in [0, 0.05) is 11.9 Å². The first-order valence-corrected chi connectivity index (χ1v) is 12.2. The van der Waals surface area contributed by atoms with Gasteiger partial charge in [-0.25, -0.2) is 9.79 Å². The number of aromatic nitrogens is 1. The molecule has 186 valence electrons. The van der Waals surface area contributed by atoms with Gasteiger partial charge in [0.1, 0.15) is 0 Å². The summed E-state index contributed by atoms with van der Waals surface area (Å²) in [6.07, 6.45) is 1.70. The highest BCUT2D eigenvalue weighted by Gasteiger charge is 2.33. The zero-order chi connectivity index (χ0) is 26.0. The Morgan fingerprint density at radius 1 is 1.17 bits per heavy atom. The molecule has 4 rings (SSSR count). The van der Waals surface area contributed by atoms with E-state index in [1.807, 2.05) is 0 Å². The molecule has 3 aromatic rings. The number of fused-ring (bicyclic) bond motifs is 1. The topological polar surface area (TPSA) is 96.2 Å². The van der Waals surface area contributed by atoms with E-state index in [2.05, 4.69) is 4.99 Å². The molecule has 0 saturated heterocycles. The van der Waals surface area contributed by atoms with E-state index in [0.717, 1.165) is 0 Å². The quantitative estimate of drug-likeness (QED) is 0.361. The number of nitrogens with zero attached hydrogens (tertiary/aromatic N) is 2. The van der Waals surface area contributed by atoms with Crippen molar-refractivity contribution in [2.75, 3.05) is 13.7 Å². The summed E-state index contributed by atoms with van der Waals surface area (Å²) in [4.78, 5) is 42.9. The fraction of sp³-hybridized carbons (Fsp3) is 0.231. The standard InChI is InChI=1S/C26H23ClN2O6S/c1-5-34-25(32)22-14(2)28-26-29(23(22)17-7-9-18(27)10-8-17)24(31)21(36-26)13-16-6-11-19(35-15(3)30)20(12-16)33-4/h6-13,23H,5H2,1-4H3/b21-13+/t23-/m0/s1. The van der Waals surface area contributed by atoms with E-state index in [1.165, 1.54) is 29.9 Å². The number of esters is 2. The number of hydrogen-bond donors (Lipinski definition) is 0. The van der Waals surface area contributed by atoms with Gasteiger partial charge in [0.2, 0.25) is 0 Å². The third-order valence-corrected chi connectivity index (χ3v) is 6.68. The summed E-state index contributed by atoms with van der Waals surface area (Å²) >= 11 is 7.29. The van der Waals surface area contributed by atoms with E-state index >= 15 is 0 Å². The van der Waals surface area contributed by atoms with Crippen LogP contribution in [0.4, 0.5) is 0 Å². The maximum atomic E-state index is 13.6. The molecule has 1 aliphatic heterocycles. The first-order chi connectivity index (χ1) is 17.2. The zero-order valence-electron chi connectivity index (χ0n) is 20.0. The lowest BCUT2D eigenvalue weighted by molar-refractivity contribution is -0.139. The molecule has 0 aliphatic carbocycles. The number of thiazole rings is 1. The predicted molar refractivity (Wildman–Crippen MR) is 136 cm³/mol. The Balaban J connectivity index is 1.89. The first kappa shape index (κ1) is 25.4. The molecule has 0 radical (unpaired) electrons. The van der Waals surface area contributed by atoms with Gasteiger partial charge < -0.3 is 14.2 Å². The number of ether oxygens (including phenoxy) is 3. The second-order valence-electron chi connectivity index (χ2n) is 7.86. The predicted octanol–water partition coefficient (Wildman–Crippen LogP) is 3.39. The van der Waals surface area contributed by atoms with Gasteiger partial charge in [-0.15, -0.1) is 0 Å². The Hall–Kier alpha value is -3.69. The average molecular weight is 527 g/mol. The first-order valence-electron chi connectivity index (χ1n) is 11.0. The highest BCUT2D eigenvalue weighted by molar-refractivity contribution is 7.07. The van der Waals surface area contributed by atoms with E-state index in [-0.39, 0.29) is 17.9 Å². The number of carbonyl (C=O) groups is 2. The molecule has 0 amide bonds. The molecule has 0 bridgehead atoms. The van der Waals surface area contributed by atoms with Crippen LogP contribution in [0.25, 0.3) is 6.08 Å². The molecule has 36 heavy (non-hydrogen) atoms. The number of hydrogen-bond acceptors (Lipinski definition) is 8. The Kier molecular flexibility index (Phi) is 7.42. The Labute approximate surface area is 215 Å². The van der Waals surface area contributed by atoms with E-state index in [4.69, 9.17) is 25.8 Å². The molecule has 0 saturated carbocycles. The molecule has 0 unspecified atom stereocenters. The van der Waals surface area contributed by atoms with E-state index in [0.29, 0.717) is 42.5 Å². The monoisotopic (exact) mass is 526 g/mol. The largest absolute Gasteiger partial charge is 0.493 e. The molecule has 0 spiro atoms. The van der Waals surface area contributed by atoms with Gasteiger partial charge in [-0.05, 0) is 55.3 Å². The van der Waals surface area contributed by atoms with E-state index in [9.17, 15) is 14.4 Å². The second-order valence-corrected chi connectivity index (χ2v) is 9.30. The van der Waals surface area contributed by atoms with Crippen LogP contribution in [0.1, 0.15) is 37.9 Å². The van der Waals surface area contributed by atoms with Crippen molar-refractivity contribution in [2.45, 2.75) is 26.8 Å². The van der Waals surface area contributed by atoms with Crippen molar-refractivity contribution in [2.24, 2.45) is 4.99 Å². The van der Waals surface area contributed by atoms with E-state index in [1.54, 1.807) is 62.4 Å². The van der Waals surface area contributed by atoms with Crippen LogP contribution in [0.3, 0.4) is 0 Å². The molecular weight excluding hydrogens is 504 g/mol. The maximum Gasteiger partial charge on any atom is 0.338 e. The highest BCUT2D eigenvalue weighted by Crippen LogP contribution is 2.31. The van der Waals surface area contributed by atoms with Crippen LogP contribution in [-0.4, -0.2) is 30.2 Å². The maximum absolute atomic E-state index is 13.6. The summed E-state index contributed by atoms with van der Waals surface area (Å²) in [7, 11) is 1.46. The summed E-state index contributed by atoms with van der Waals surface area (Å²) in [5, 5.41) is 0.538. The fourth-order valence-corrected chi connectivity index (χ4v) is 5.09. The molecule has 0 fully saturated rings. The molecule has 1 aliphatic rings. The molecule has 2 heterocycles. The molecule has 1 aromatic heterocycles. The summed E-state index contributed by atoms with van der Waals surface area (Å²) in [5.41, 5.74) is 1.84. The van der Waals surface area contributed by atoms with Crippen LogP contribution in [0.15, 0.2) is 63.5 Å². The van der Waals surface area contributed by atoms with Crippen LogP contribution in [0.5, 0.6) is 11.5 Å². The van der Waals surface area contributed by atoms with Crippen molar-refractivity contribution >= 4 is 41.0 Å². The van der Waals surface area contributed by atoms with Crippen LogP contribution >= 0.6 is 22.9 Å². The lowest BCUT2D eigenvalue weighted by Crippen LogP contribution is -2.39. The Morgan fingerprint density at radius 2 is 1.89 bits per heavy atom. The molecular formula is C26H23ClN2O6S. The van der Waals surface area contributed by atoms with Gasteiger partial charge >= 0.3 is 11.9 Å². The average Bonchev–Trinajstić information content (AvgIpc) is 3.13. The number of allylic oxidation sites excluding steroid dienone is 1. The number of methoxy groups -OCH3 is 1. The van der Waals surface area contributed by atoms with Crippen LogP contribution in [0, 0.1) is 0 Å². The highest BCUT2D eigenvalue weighted by atomic mass is 35.5. The molecule has 1 atom stereocenters. The summed E-state index contributed by atoms with van der Waals surface area (Å²) in [6.45, 7) is 4.95. The van der Waals surface area contributed by atoms with Crippen LogP contribution in [-0.2, 0) is 14.3 Å². The SMILES string of the molecule is CCOC(=O)C1=C(C)N=c2s/c(=C/c3ccc(OC(C)=O)c(OC)c3)c(=O)n2[C@H]1c1ccc(Cl)cc1. The van der Waals surface area contributed by atoms with Crippen molar-refractivity contribution in [3.8, 4) is 11.5 Å². The van der Waals surface area contributed by atoms with Gasteiger partial charge in [-0.3, -0.25) is 14.2 Å². The van der Waals surface area contributed by atoms with Crippen molar-refractivity contribution in [3.63, 3.8) is 0 Å². The van der Waals surface area contributed by atoms with Gasteiger partial charge in [0.15, 0.2) is 16.3 Å². The van der Waals surface area contributed by atoms with Crippen molar-refractivity contribution in [1.29, 1.82) is 0 Å². The fourth-order valence-electron chi connectivity index (χ4n) is 3.92. The third kappa shape index (κ3) is 4.98. The number of halogens is 1. The summed E-state index contributed by atoms with van der Waals surface area (Å²) in [5.74, 6) is -0.365. The molecule has 2 aromatic carbocycles. The van der Waals surface area contributed by atoms with Crippen LogP contribution < -0.4 is 24.4 Å². The van der Waals surface area contributed by atoms with Gasteiger partial charge in [-0.2, -0.15) is 0 Å². The Morgan fingerprint density at radius 3 is 2.53 bits per heavy atom. The number of rotatable bonds is 6. The lowest BCUT2D eigenvalue weighted by atomic mass is 9.96. The minimum atomic E-state index is -0.722. The normalized spacial score (nSPS) is 15.2. The van der Waals surface area contributed by atoms with Gasteiger partial charge in [0.05, 0.1) is 35.6 Å². The minimum Gasteiger partial charge on any atom is -0.493 e. The van der Waals surface area contributed by atoms with Crippen molar-refractivity contribution in [3.05, 3.63) is 89.6 Å². The molecule has 0 N–H and O–H groups in total.